The molecule has 0 N–H and O–H groups in total. The summed E-state index contributed by atoms with van der Waals surface area (Å²) >= 11 is 0. The van der Waals surface area contributed by atoms with Gasteiger partial charge >= 0.3 is 11.8 Å². The Morgan fingerprint density at radius 2 is 2.00 bits per heavy atom. The van der Waals surface area contributed by atoms with E-state index in [0.29, 0.717) is 11.8 Å². The molecule has 0 saturated carbocycles. The average Bonchev–Trinajstić information content (AvgIpc) is 2.89. The molecule has 3 aromatic rings. The molecule has 0 fully saturated rings. The van der Waals surface area contributed by atoms with Crippen LogP contribution in [0.15, 0.2) is 51.9 Å². The lowest BCUT2D eigenvalue weighted by molar-refractivity contribution is -0.136. The molecule has 0 unspecified atom stereocenters. The monoisotopic (exact) mass is 280 g/mol. The van der Waals surface area contributed by atoms with Crippen LogP contribution in [-0.4, -0.2) is 9.78 Å². The van der Waals surface area contributed by atoms with E-state index in [9.17, 15) is 18.0 Å². The zero-order chi connectivity index (χ0) is 14.3. The molecule has 0 bridgehead atoms. The highest BCUT2D eigenvalue weighted by Gasteiger charge is 2.33. The first-order valence-corrected chi connectivity index (χ1v) is 5.60. The van der Waals surface area contributed by atoms with Gasteiger partial charge in [0.25, 0.3) is 0 Å². The summed E-state index contributed by atoms with van der Waals surface area (Å²) in [5.74, 6) is 0. The molecule has 0 aliphatic carbocycles. The first kappa shape index (κ1) is 12.5. The molecule has 3 rings (SSSR count). The van der Waals surface area contributed by atoms with Crippen LogP contribution in [0.2, 0.25) is 0 Å². The minimum absolute atomic E-state index is 0.127. The number of halogens is 3. The molecular formula is C13H7F3N2O2. The molecular weight excluding hydrogens is 273 g/mol. The summed E-state index contributed by atoms with van der Waals surface area (Å²) in [6, 6.07) is 6.21. The zero-order valence-corrected chi connectivity index (χ0v) is 9.89. The Hall–Kier alpha value is -2.57. The van der Waals surface area contributed by atoms with E-state index in [0.717, 1.165) is 0 Å². The third-order valence-electron chi connectivity index (χ3n) is 2.80. The maximum Gasteiger partial charge on any atom is 0.417 e. The number of alkyl halides is 3. The second kappa shape index (κ2) is 4.22. The van der Waals surface area contributed by atoms with Crippen molar-refractivity contribution in [1.82, 2.24) is 9.78 Å². The molecule has 0 aliphatic rings. The highest BCUT2D eigenvalue weighted by molar-refractivity contribution is 5.82. The summed E-state index contributed by atoms with van der Waals surface area (Å²) in [6.07, 6.45) is -1.44. The lowest BCUT2D eigenvalue weighted by atomic mass is 10.1. The normalized spacial score (nSPS) is 11.9. The molecule has 7 heteroatoms. The molecule has 0 saturated heterocycles. The Bertz CT molecular complexity index is 820. The molecule has 4 nitrogen and oxygen atoms in total. The smallest absolute Gasteiger partial charge is 0.417 e. The van der Waals surface area contributed by atoms with Gasteiger partial charge in [0.2, 0.25) is 0 Å². The Balaban J connectivity index is 2.29. The highest BCUT2D eigenvalue weighted by atomic mass is 19.4. The average molecular weight is 280 g/mol. The Morgan fingerprint density at radius 1 is 1.20 bits per heavy atom. The van der Waals surface area contributed by atoms with Gasteiger partial charge in [-0.25, -0.2) is 9.48 Å². The Labute approximate surface area is 110 Å². The van der Waals surface area contributed by atoms with Crippen molar-refractivity contribution in [2.45, 2.75) is 6.18 Å². The highest BCUT2D eigenvalue weighted by Crippen LogP contribution is 2.34. The molecule has 0 spiro atoms. The van der Waals surface area contributed by atoms with E-state index in [1.807, 2.05) is 0 Å². The van der Waals surface area contributed by atoms with Crippen molar-refractivity contribution < 1.29 is 17.6 Å². The number of fused-ring (bicyclic) bond motifs is 1. The molecule has 0 radical (unpaired) electrons. The largest absolute Gasteiger partial charge is 0.423 e. The minimum Gasteiger partial charge on any atom is -0.423 e. The van der Waals surface area contributed by atoms with E-state index in [2.05, 4.69) is 5.10 Å². The summed E-state index contributed by atoms with van der Waals surface area (Å²) in [5.41, 5.74) is -1.67. The van der Waals surface area contributed by atoms with E-state index in [1.54, 1.807) is 12.3 Å². The molecule has 20 heavy (non-hydrogen) atoms. The fraction of sp³-hybridized carbons (Fsp3) is 0.0769. The van der Waals surface area contributed by atoms with Gasteiger partial charge in [-0.1, -0.05) is 0 Å². The molecule has 102 valence electrons. The lowest BCUT2D eigenvalue weighted by Gasteiger charge is -2.10. The van der Waals surface area contributed by atoms with Crippen LogP contribution in [0, 0.1) is 0 Å². The van der Waals surface area contributed by atoms with Gasteiger partial charge in [-0.05, 0) is 18.2 Å². The second-order valence-electron chi connectivity index (χ2n) is 4.11. The summed E-state index contributed by atoms with van der Waals surface area (Å²) in [7, 11) is 0. The van der Waals surface area contributed by atoms with Crippen molar-refractivity contribution in [3.63, 3.8) is 0 Å². The molecule has 0 atom stereocenters. The first-order valence-electron chi connectivity index (χ1n) is 5.60. The molecule has 0 aliphatic heterocycles. The van der Waals surface area contributed by atoms with Gasteiger partial charge in [-0.15, -0.1) is 0 Å². The second-order valence-corrected chi connectivity index (χ2v) is 4.11. The van der Waals surface area contributed by atoms with Crippen molar-refractivity contribution in [2.24, 2.45) is 0 Å². The van der Waals surface area contributed by atoms with Gasteiger partial charge in [-0.3, -0.25) is 0 Å². The SMILES string of the molecule is O=c1cc(C(F)(F)F)c2ccc(-n3cccn3)cc2o1. The molecule has 2 heterocycles. The van der Waals surface area contributed by atoms with Crippen LogP contribution in [-0.2, 0) is 6.18 Å². The van der Waals surface area contributed by atoms with Crippen LogP contribution in [0.25, 0.3) is 16.7 Å². The van der Waals surface area contributed by atoms with E-state index in [-0.39, 0.29) is 11.0 Å². The number of benzene rings is 1. The number of hydrogen-bond donors (Lipinski definition) is 0. The van der Waals surface area contributed by atoms with Crippen LogP contribution < -0.4 is 5.63 Å². The van der Waals surface area contributed by atoms with Crippen molar-refractivity contribution in [1.29, 1.82) is 0 Å². The Morgan fingerprint density at radius 3 is 2.65 bits per heavy atom. The summed E-state index contributed by atoms with van der Waals surface area (Å²) in [4.78, 5) is 11.3. The van der Waals surface area contributed by atoms with Crippen molar-refractivity contribution in [3.05, 3.63) is 58.7 Å². The van der Waals surface area contributed by atoms with Gasteiger partial charge in [0.05, 0.1) is 11.3 Å². The Kier molecular flexibility index (Phi) is 2.63. The summed E-state index contributed by atoms with van der Waals surface area (Å²) in [6.45, 7) is 0. The number of hydrogen-bond acceptors (Lipinski definition) is 3. The third kappa shape index (κ3) is 2.07. The quantitative estimate of drug-likeness (QED) is 0.644. The maximum absolute atomic E-state index is 12.9. The predicted octanol–water partition coefficient (Wildman–Crippen LogP) is 3.00. The fourth-order valence-corrected chi connectivity index (χ4v) is 1.95. The standard InChI is InChI=1S/C13H7F3N2O2/c14-13(15,16)10-7-12(19)20-11-6-8(2-3-9(10)11)18-5-1-4-17-18/h1-7H. The van der Waals surface area contributed by atoms with Crippen LogP contribution >= 0.6 is 0 Å². The number of aromatic nitrogens is 2. The molecule has 0 amide bonds. The predicted molar refractivity (Wildman–Crippen MR) is 64.6 cm³/mol. The fourth-order valence-electron chi connectivity index (χ4n) is 1.95. The van der Waals surface area contributed by atoms with Gasteiger partial charge in [0.1, 0.15) is 5.58 Å². The van der Waals surface area contributed by atoms with Crippen molar-refractivity contribution in [3.8, 4) is 5.69 Å². The van der Waals surface area contributed by atoms with E-state index >= 15 is 0 Å². The van der Waals surface area contributed by atoms with Gasteiger partial charge in [0.15, 0.2) is 0 Å². The molecule has 1 aromatic carbocycles. The van der Waals surface area contributed by atoms with Gasteiger partial charge in [0, 0.05) is 29.9 Å². The van der Waals surface area contributed by atoms with Crippen LogP contribution in [0.5, 0.6) is 0 Å². The first-order chi connectivity index (χ1) is 9.45. The number of nitrogens with zero attached hydrogens (tertiary/aromatic N) is 2. The van der Waals surface area contributed by atoms with Crippen molar-refractivity contribution >= 4 is 11.0 Å². The van der Waals surface area contributed by atoms with Crippen LogP contribution in [0.4, 0.5) is 13.2 Å². The number of rotatable bonds is 1. The third-order valence-corrected chi connectivity index (χ3v) is 2.80. The topological polar surface area (TPSA) is 48.0 Å². The van der Waals surface area contributed by atoms with Crippen LogP contribution in [0.1, 0.15) is 5.56 Å². The van der Waals surface area contributed by atoms with Gasteiger partial charge < -0.3 is 4.42 Å². The maximum atomic E-state index is 12.9. The van der Waals surface area contributed by atoms with Crippen LogP contribution in [0.3, 0.4) is 0 Å². The summed E-state index contributed by atoms with van der Waals surface area (Å²) in [5, 5.41) is 3.80. The molecule has 2 aromatic heterocycles. The lowest BCUT2D eigenvalue weighted by Crippen LogP contribution is -2.11. The minimum atomic E-state index is -4.61. The van der Waals surface area contributed by atoms with E-state index < -0.39 is 17.4 Å². The van der Waals surface area contributed by atoms with E-state index in [4.69, 9.17) is 4.42 Å². The van der Waals surface area contributed by atoms with Gasteiger partial charge in [-0.2, -0.15) is 18.3 Å². The van der Waals surface area contributed by atoms with Crippen molar-refractivity contribution in [2.75, 3.05) is 0 Å². The summed E-state index contributed by atoms with van der Waals surface area (Å²) < 4.78 is 44.9. The zero-order valence-electron chi connectivity index (χ0n) is 9.89. The van der Waals surface area contributed by atoms with E-state index in [1.165, 1.54) is 29.1 Å².